The van der Waals surface area contributed by atoms with Crippen molar-refractivity contribution in [2.75, 3.05) is 6.54 Å². The second-order valence-corrected chi connectivity index (χ2v) is 3.14. The van der Waals surface area contributed by atoms with Gasteiger partial charge in [0.2, 0.25) is 0 Å². The van der Waals surface area contributed by atoms with E-state index < -0.39 is 0 Å². The van der Waals surface area contributed by atoms with E-state index in [0.717, 1.165) is 13.1 Å². The average molecular weight is 207 g/mol. The third-order valence-corrected chi connectivity index (χ3v) is 2.38. The topological polar surface area (TPSA) is 12.0 Å². The van der Waals surface area contributed by atoms with Crippen LogP contribution >= 0.6 is 0 Å². The van der Waals surface area contributed by atoms with Crippen LogP contribution in [0.2, 0.25) is 0 Å². The molecule has 1 aliphatic rings. The summed E-state index contributed by atoms with van der Waals surface area (Å²) in [5, 5.41) is 3.38. The lowest BCUT2D eigenvalue weighted by Crippen LogP contribution is -2.24. The van der Waals surface area contributed by atoms with Gasteiger partial charge in [-0.3, -0.25) is 0 Å². The Kier molecular flexibility index (Phi) is 8.02. The summed E-state index contributed by atoms with van der Waals surface area (Å²) in [5.41, 5.74) is 4.47. The van der Waals surface area contributed by atoms with Gasteiger partial charge in [0.05, 0.1) is 0 Å². The van der Waals surface area contributed by atoms with E-state index in [4.69, 9.17) is 0 Å². The summed E-state index contributed by atoms with van der Waals surface area (Å²) in [5.74, 6) is 0. The zero-order valence-corrected chi connectivity index (χ0v) is 10.9. The maximum absolute atomic E-state index is 3.38. The second kappa shape index (κ2) is 8.49. The molecule has 0 unspecified atom stereocenters. The molecule has 0 aliphatic carbocycles. The van der Waals surface area contributed by atoms with Gasteiger partial charge >= 0.3 is 0 Å². The van der Waals surface area contributed by atoms with Gasteiger partial charge < -0.3 is 5.32 Å². The molecule has 15 heavy (non-hydrogen) atoms. The standard InChI is InChI=1S/C10H13N.2C2H6/c1-8-3-2-4-9-5-6-11-7-10(8)9;2*1-2/h2-4,11H,5-7H2,1H3;2*1-2H3. The molecule has 1 N–H and O–H groups in total. The SMILES string of the molecule is CC.CC.Cc1cccc2c1CNCC2. The Bertz CT molecular complexity index is 266. The first-order valence-electron chi connectivity index (χ1n) is 6.16. The maximum Gasteiger partial charge on any atom is 0.0210 e. The maximum atomic E-state index is 3.38. The molecule has 0 aromatic heterocycles. The first-order valence-corrected chi connectivity index (χ1v) is 6.16. The molecule has 0 saturated carbocycles. The van der Waals surface area contributed by atoms with Crippen LogP contribution in [0.4, 0.5) is 0 Å². The van der Waals surface area contributed by atoms with Gasteiger partial charge in [-0.2, -0.15) is 0 Å². The Hall–Kier alpha value is -0.820. The van der Waals surface area contributed by atoms with E-state index in [-0.39, 0.29) is 0 Å². The first-order chi connectivity index (χ1) is 7.38. The van der Waals surface area contributed by atoms with Crippen molar-refractivity contribution in [1.29, 1.82) is 0 Å². The van der Waals surface area contributed by atoms with Gasteiger partial charge in [-0.15, -0.1) is 0 Å². The Morgan fingerprint density at radius 1 is 1.07 bits per heavy atom. The molecule has 86 valence electrons. The molecule has 1 aromatic carbocycles. The molecular formula is C14H25N. The van der Waals surface area contributed by atoms with Crippen LogP contribution in [0.1, 0.15) is 44.4 Å². The van der Waals surface area contributed by atoms with Crippen molar-refractivity contribution in [3.63, 3.8) is 0 Å². The van der Waals surface area contributed by atoms with Crippen molar-refractivity contribution in [1.82, 2.24) is 5.32 Å². The van der Waals surface area contributed by atoms with E-state index in [1.807, 2.05) is 27.7 Å². The molecule has 0 atom stereocenters. The van der Waals surface area contributed by atoms with Gasteiger partial charge in [-0.25, -0.2) is 0 Å². The Morgan fingerprint density at radius 2 is 1.73 bits per heavy atom. The van der Waals surface area contributed by atoms with Crippen molar-refractivity contribution < 1.29 is 0 Å². The number of benzene rings is 1. The highest BCUT2D eigenvalue weighted by Gasteiger charge is 2.08. The smallest absolute Gasteiger partial charge is 0.0210 e. The largest absolute Gasteiger partial charge is 0.312 e. The van der Waals surface area contributed by atoms with Crippen LogP contribution in [-0.4, -0.2) is 6.54 Å². The molecule has 1 nitrogen and oxygen atoms in total. The van der Waals surface area contributed by atoms with Gasteiger partial charge in [0.25, 0.3) is 0 Å². The van der Waals surface area contributed by atoms with Crippen molar-refractivity contribution >= 4 is 0 Å². The third-order valence-electron chi connectivity index (χ3n) is 2.38. The minimum absolute atomic E-state index is 1.06. The highest BCUT2D eigenvalue weighted by atomic mass is 14.9. The summed E-state index contributed by atoms with van der Waals surface area (Å²) in [6, 6.07) is 6.58. The van der Waals surface area contributed by atoms with Crippen molar-refractivity contribution in [3.05, 3.63) is 34.9 Å². The quantitative estimate of drug-likeness (QED) is 0.684. The van der Waals surface area contributed by atoms with Crippen LogP contribution in [0.25, 0.3) is 0 Å². The summed E-state index contributed by atoms with van der Waals surface area (Å²) in [6.07, 6.45) is 1.19. The summed E-state index contributed by atoms with van der Waals surface area (Å²) in [6.45, 7) is 12.4. The number of aryl methyl sites for hydroxylation is 1. The van der Waals surface area contributed by atoms with Crippen molar-refractivity contribution in [3.8, 4) is 0 Å². The number of nitrogens with one attached hydrogen (secondary N) is 1. The lowest BCUT2D eigenvalue weighted by atomic mass is 9.97. The lowest BCUT2D eigenvalue weighted by molar-refractivity contribution is 0.640. The van der Waals surface area contributed by atoms with Gasteiger partial charge in [0.1, 0.15) is 0 Å². The zero-order chi connectivity index (χ0) is 11.7. The van der Waals surface area contributed by atoms with Gasteiger partial charge in [0.15, 0.2) is 0 Å². The third kappa shape index (κ3) is 4.05. The fourth-order valence-corrected chi connectivity index (χ4v) is 1.69. The highest BCUT2D eigenvalue weighted by molar-refractivity contribution is 5.35. The summed E-state index contributed by atoms with van der Waals surface area (Å²) < 4.78 is 0. The number of hydrogen-bond acceptors (Lipinski definition) is 1. The van der Waals surface area contributed by atoms with E-state index in [9.17, 15) is 0 Å². The first kappa shape index (κ1) is 14.2. The minimum Gasteiger partial charge on any atom is -0.312 e. The number of fused-ring (bicyclic) bond motifs is 1. The highest BCUT2D eigenvalue weighted by Crippen LogP contribution is 2.16. The van der Waals surface area contributed by atoms with Crippen LogP contribution < -0.4 is 5.32 Å². The molecule has 0 saturated heterocycles. The van der Waals surface area contributed by atoms with E-state index >= 15 is 0 Å². The van der Waals surface area contributed by atoms with Crippen LogP contribution in [0.5, 0.6) is 0 Å². The predicted molar refractivity (Wildman–Crippen MR) is 69.3 cm³/mol. The molecule has 0 amide bonds. The average Bonchev–Trinajstić information content (AvgIpc) is 2.35. The number of rotatable bonds is 0. The molecule has 1 heteroatoms. The normalized spacial score (nSPS) is 12.6. The Labute approximate surface area is 94.9 Å². The van der Waals surface area contributed by atoms with Crippen LogP contribution in [0, 0.1) is 6.92 Å². The molecule has 1 aliphatic heterocycles. The van der Waals surface area contributed by atoms with Crippen LogP contribution in [-0.2, 0) is 13.0 Å². The van der Waals surface area contributed by atoms with Crippen molar-refractivity contribution in [2.24, 2.45) is 0 Å². The van der Waals surface area contributed by atoms with Crippen LogP contribution in [0.3, 0.4) is 0 Å². The molecular weight excluding hydrogens is 182 g/mol. The Balaban J connectivity index is 0.000000442. The van der Waals surface area contributed by atoms with E-state index in [2.05, 4.69) is 30.4 Å². The monoisotopic (exact) mass is 207 g/mol. The molecule has 2 rings (SSSR count). The van der Waals surface area contributed by atoms with Crippen LogP contribution in [0.15, 0.2) is 18.2 Å². The molecule has 0 bridgehead atoms. The van der Waals surface area contributed by atoms with E-state index in [1.54, 1.807) is 0 Å². The summed E-state index contributed by atoms with van der Waals surface area (Å²) in [4.78, 5) is 0. The van der Waals surface area contributed by atoms with Gasteiger partial charge in [0, 0.05) is 6.54 Å². The fraction of sp³-hybridized carbons (Fsp3) is 0.571. The molecule has 0 fully saturated rings. The molecule has 1 heterocycles. The van der Waals surface area contributed by atoms with Crippen molar-refractivity contribution in [2.45, 2.75) is 47.6 Å². The molecule has 1 aromatic rings. The second-order valence-electron chi connectivity index (χ2n) is 3.14. The fourth-order valence-electron chi connectivity index (χ4n) is 1.69. The predicted octanol–water partition coefficient (Wildman–Crippen LogP) is 3.69. The van der Waals surface area contributed by atoms with Gasteiger partial charge in [-0.1, -0.05) is 45.9 Å². The number of hydrogen-bond donors (Lipinski definition) is 1. The molecule has 0 spiro atoms. The van der Waals surface area contributed by atoms with E-state index in [0.29, 0.717) is 0 Å². The summed E-state index contributed by atoms with van der Waals surface area (Å²) in [7, 11) is 0. The minimum atomic E-state index is 1.06. The summed E-state index contributed by atoms with van der Waals surface area (Å²) >= 11 is 0. The zero-order valence-electron chi connectivity index (χ0n) is 10.9. The van der Waals surface area contributed by atoms with Gasteiger partial charge in [-0.05, 0) is 36.6 Å². The lowest BCUT2D eigenvalue weighted by Gasteiger charge is -2.18. The van der Waals surface area contributed by atoms with E-state index in [1.165, 1.54) is 23.1 Å². The molecule has 0 radical (unpaired) electrons. The Morgan fingerprint density at radius 3 is 2.33 bits per heavy atom.